The number of rotatable bonds is 6. The lowest BCUT2D eigenvalue weighted by Gasteiger charge is -2.15. The summed E-state index contributed by atoms with van der Waals surface area (Å²) in [6.07, 6.45) is -3.15. The third-order valence-electron chi connectivity index (χ3n) is 4.63. The number of ether oxygens (including phenoxy) is 2. The summed E-state index contributed by atoms with van der Waals surface area (Å²) in [5.74, 6) is -0.752. The molecule has 0 amide bonds. The van der Waals surface area contributed by atoms with E-state index in [1.54, 1.807) is 11.6 Å². The zero-order valence-corrected chi connectivity index (χ0v) is 16.4. The zero-order chi connectivity index (χ0) is 21.3. The van der Waals surface area contributed by atoms with Crippen LogP contribution in [0.3, 0.4) is 0 Å². The summed E-state index contributed by atoms with van der Waals surface area (Å²) in [5, 5.41) is 15.0. The molecular formula is C19H21F3N4O3. The summed E-state index contributed by atoms with van der Waals surface area (Å²) in [4.78, 5) is 8.76. The van der Waals surface area contributed by atoms with Crippen LogP contribution in [0.15, 0.2) is 18.2 Å². The second kappa shape index (κ2) is 7.76. The number of halogens is 3. The molecule has 156 valence electrons. The molecule has 10 heteroatoms. The summed E-state index contributed by atoms with van der Waals surface area (Å²) in [6.45, 7) is 5.86. The summed E-state index contributed by atoms with van der Waals surface area (Å²) in [7, 11) is 1.30. The van der Waals surface area contributed by atoms with Gasteiger partial charge in [0.15, 0.2) is 5.65 Å². The smallest absolute Gasteiger partial charge is 0.496 e. The van der Waals surface area contributed by atoms with Crippen molar-refractivity contribution in [3.8, 4) is 28.6 Å². The van der Waals surface area contributed by atoms with Gasteiger partial charge in [-0.1, -0.05) is 13.8 Å². The maximum Gasteiger partial charge on any atom is 0.573 e. The van der Waals surface area contributed by atoms with E-state index in [9.17, 15) is 18.3 Å². The van der Waals surface area contributed by atoms with Crippen LogP contribution in [0.5, 0.6) is 17.4 Å². The first-order valence-electron chi connectivity index (χ1n) is 9.08. The van der Waals surface area contributed by atoms with Crippen molar-refractivity contribution in [2.75, 3.05) is 7.11 Å². The average molecular weight is 410 g/mol. The largest absolute Gasteiger partial charge is 0.573 e. The molecule has 2 aromatic heterocycles. The first kappa shape index (κ1) is 20.7. The van der Waals surface area contributed by atoms with Gasteiger partial charge in [-0.2, -0.15) is 10.1 Å². The molecule has 0 aliphatic carbocycles. The van der Waals surface area contributed by atoms with Gasteiger partial charge in [0.25, 0.3) is 0 Å². The van der Waals surface area contributed by atoms with Gasteiger partial charge in [-0.3, -0.25) is 0 Å². The van der Waals surface area contributed by atoms with Gasteiger partial charge in [0.05, 0.1) is 18.8 Å². The number of fused-ring (bicyclic) bond motifs is 1. The Bertz CT molecular complexity index is 1030. The third kappa shape index (κ3) is 4.06. The molecule has 0 radical (unpaired) electrons. The molecule has 3 rings (SSSR count). The van der Waals surface area contributed by atoms with Gasteiger partial charge in [-0.25, -0.2) is 9.67 Å². The van der Waals surface area contributed by atoms with Gasteiger partial charge in [0.1, 0.15) is 22.7 Å². The van der Waals surface area contributed by atoms with E-state index in [1.165, 1.54) is 13.2 Å². The van der Waals surface area contributed by atoms with Gasteiger partial charge < -0.3 is 14.6 Å². The number of hydrogen-bond donors (Lipinski definition) is 1. The fraction of sp³-hybridized carbons (Fsp3) is 0.421. The van der Waals surface area contributed by atoms with E-state index in [0.717, 1.165) is 25.0 Å². The van der Waals surface area contributed by atoms with Gasteiger partial charge in [0.2, 0.25) is 5.88 Å². The topological polar surface area (TPSA) is 82.3 Å². The number of nitrogens with zero attached hydrogens (tertiary/aromatic N) is 4. The molecular weight excluding hydrogens is 389 g/mol. The Hall–Kier alpha value is -3.04. The highest BCUT2D eigenvalue weighted by atomic mass is 19.4. The van der Waals surface area contributed by atoms with E-state index >= 15 is 0 Å². The van der Waals surface area contributed by atoms with Crippen LogP contribution in [0.4, 0.5) is 13.2 Å². The van der Waals surface area contributed by atoms with Crippen LogP contribution in [0.2, 0.25) is 0 Å². The Kier molecular flexibility index (Phi) is 5.54. The Labute approximate surface area is 165 Å². The number of hydrogen-bond acceptors (Lipinski definition) is 6. The molecule has 1 N–H and O–H groups in total. The van der Waals surface area contributed by atoms with E-state index in [1.807, 2.05) is 13.8 Å². The van der Waals surface area contributed by atoms with Crippen LogP contribution in [-0.2, 0) is 0 Å². The molecule has 0 atom stereocenters. The molecule has 29 heavy (non-hydrogen) atoms. The Morgan fingerprint density at radius 2 is 1.86 bits per heavy atom. The van der Waals surface area contributed by atoms with Crippen molar-refractivity contribution in [1.29, 1.82) is 0 Å². The van der Waals surface area contributed by atoms with Crippen molar-refractivity contribution in [3.63, 3.8) is 0 Å². The molecule has 0 aliphatic rings. The van der Waals surface area contributed by atoms with Gasteiger partial charge in [0, 0.05) is 11.6 Å². The maximum absolute atomic E-state index is 12.5. The molecule has 0 aliphatic heterocycles. The summed E-state index contributed by atoms with van der Waals surface area (Å²) < 4.78 is 48.3. The van der Waals surface area contributed by atoms with Crippen molar-refractivity contribution in [3.05, 3.63) is 23.9 Å². The van der Waals surface area contributed by atoms with Crippen LogP contribution in [0, 0.1) is 6.92 Å². The predicted molar refractivity (Wildman–Crippen MR) is 100 cm³/mol. The van der Waals surface area contributed by atoms with Crippen molar-refractivity contribution >= 4 is 11.2 Å². The Morgan fingerprint density at radius 3 is 2.45 bits per heavy atom. The minimum atomic E-state index is -4.83. The van der Waals surface area contributed by atoms with Crippen LogP contribution >= 0.6 is 0 Å². The van der Waals surface area contributed by atoms with Gasteiger partial charge in [-0.05, 0) is 31.9 Å². The summed E-state index contributed by atoms with van der Waals surface area (Å²) >= 11 is 0. The predicted octanol–water partition coefficient (Wildman–Crippen LogP) is 4.78. The number of benzene rings is 1. The number of methoxy groups -OCH3 is 1. The monoisotopic (exact) mass is 410 g/mol. The van der Waals surface area contributed by atoms with Crippen LogP contribution in [-0.4, -0.2) is 38.3 Å². The number of aryl methyl sites for hydroxylation is 1. The van der Waals surface area contributed by atoms with Crippen molar-refractivity contribution in [2.24, 2.45) is 0 Å². The molecule has 0 saturated heterocycles. The minimum absolute atomic E-state index is 0.0562. The van der Waals surface area contributed by atoms with Crippen LogP contribution in [0.25, 0.3) is 22.4 Å². The van der Waals surface area contributed by atoms with Crippen LogP contribution < -0.4 is 9.47 Å². The molecule has 3 aromatic rings. The number of aromatic nitrogens is 4. The SMILES string of the molecule is CCC(CC)n1nc(C)c2nc(-c3ccc(OC(F)(F)F)cc3OC)c(O)nc21. The third-order valence-corrected chi connectivity index (χ3v) is 4.63. The van der Waals surface area contributed by atoms with Crippen LogP contribution in [0.1, 0.15) is 38.4 Å². The second-order valence-corrected chi connectivity index (χ2v) is 6.48. The first-order valence-corrected chi connectivity index (χ1v) is 9.08. The number of alkyl halides is 3. The van der Waals surface area contributed by atoms with Crippen molar-refractivity contribution < 1.29 is 27.8 Å². The highest BCUT2D eigenvalue weighted by Gasteiger charge is 2.31. The minimum Gasteiger partial charge on any atom is -0.496 e. The fourth-order valence-electron chi connectivity index (χ4n) is 3.21. The van der Waals surface area contributed by atoms with E-state index in [2.05, 4.69) is 19.8 Å². The Balaban J connectivity index is 2.13. The lowest BCUT2D eigenvalue weighted by atomic mass is 10.1. The van der Waals surface area contributed by atoms with E-state index in [4.69, 9.17) is 4.74 Å². The average Bonchev–Trinajstić information content (AvgIpc) is 2.96. The fourth-order valence-corrected chi connectivity index (χ4v) is 3.21. The highest BCUT2D eigenvalue weighted by molar-refractivity contribution is 5.81. The van der Waals surface area contributed by atoms with E-state index < -0.39 is 12.1 Å². The Morgan fingerprint density at radius 1 is 1.17 bits per heavy atom. The standard InChI is InChI=1S/C19H21F3N4O3/c1-5-11(6-2)26-17-15(10(3)25-26)23-16(18(27)24-17)13-8-7-12(9-14(13)28-4)29-19(20,21)22/h7-9,11H,5-6H2,1-4H3,(H,24,27). The lowest BCUT2D eigenvalue weighted by Crippen LogP contribution is -2.17. The second-order valence-electron chi connectivity index (χ2n) is 6.48. The molecule has 7 nitrogen and oxygen atoms in total. The van der Waals surface area contributed by atoms with Crippen molar-refractivity contribution in [2.45, 2.75) is 46.0 Å². The van der Waals surface area contributed by atoms with E-state index in [0.29, 0.717) is 16.9 Å². The number of aromatic hydroxyl groups is 1. The maximum atomic E-state index is 12.5. The molecule has 0 unspecified atom stereocenters. The van der Waals surface area contributed by atoms with Gasteiger partial charge >= 0.3 is 6.36 Å². The van der Waals surface area contributed by atoms with Gasteiger partial charge in [-0.15, -0.1) is 13.2 Å². The molecule has 0 fully saturated rings. The molecule has 0 spiro atoms. The molecule has 0 bridgehead atoms. The highest BCUT2D eigenvalue weighted by Crippen LogP contribution is 2.38. The zero-order valence-electron chi connectivity index (χ0n) is 16.4. The summed E-state index contributed by atoms with van der Waals surface area (Å²) in [6, 6.07) is 3.64. The molecule has 0 saturated carbocycles. The lowest BCUT2D eigenvalue weighted by molar-refractivity contribution is -0.274. The first-order chi connectivity index (χ1) is 13.7. The van der Waals surface area contributed by atoms with Crippen molar-refractivity contribution in [1.82, 2.24) is 19.7 Å². The quantitative estimate of drug-likeness (QED) is 0.630. The van der Waals surface area contributed by atoms with E-state index in [-0.39, 0.29) is 28.9 Å². The molecule has 1 aromatic carbocycles. The molecule has 2 heterocycles. The summed E-state index contributed by atoms with van der Waals surface area (Å²) in [5.41, 5.74) is 1.95. The normalized spacial score (nSPS) is 12.0.